The Hall–Kier alpha value is -3.94. The molecule has 0 aliphatic carbocycles. The van der Waals surface area contributed by atoms with E-state index in [1.807, 2.05) is 66.9 Å². The lowest BCUT2D eigenvalue weighted by molar-refractivity contribution is 0.0926. The molecule has 152 valence electrons. The third-order valence-corrected chi connectivity index (χ3v) is 4.71. The molecule has 2 aromatic carbocycles. The number of rotatable bonds is 8. The van der Waals surface area contributed by atoms with Crippen LogP contribution < -0.4 is 10.1 Å². The molecule has 8 nitrogen and oxygen atoms in total. The lowest BCUT2D eigenvalue weighted by atomic mass is 10.1. The Balaban J connectivity index is 1.46. The molecule has 4 rings (SSSR count). The van der Waals surface area contributed by atoms with Crippen LogP contribution in [0.25, 0.3) is 0 Å². The van der Waals surface area contributed by atoms with Crippen molar-refractivity contribution in [3.8, 4) is 5.75 Å². The van der Waals surface area contributed by atoms with E-state index in [4.69, 9.17) is 4.74 Å². The highest BCUT2D eigenvalue weighted by Crippen LogP contribution is 2.16. The highest BCUT2D eigenvalue weighted by molar-refractivity contribution is 5.92. The molecule has 0 saturated carbocycles. The number of carbonyl (C=O) groups excluding carboxylic acids is 1. The van der Waals surface area contributed by atoms with Gasteiger partial charge in [0.25, 0.3) is 5.91 Å². The monoisotopic (exact) mass is 402 g/mol. The molecule has 0 aliphatic heterocycles. The maximum atomic E-state index is 12.8. The molecule has 30 heavy (non-hydrogen) atoms. The van der Waals surface area contributed by atoms with E-state index in [0.717, 1.165) is 16.9 Å². The Labute approximate surface area is 174 Å². The van der Waals surface area contributed by atoms with Gasteiger partial charge in [-0.05, 0) is 29.3 Å². The number of aromatic nitrogens is 5. The van der Waals surface area contributed by atoms with Gasteiger partial charge in [-0.15, -0.1) is 5.10 Å². The summed E-state index contributed by atoms with van der Waals surface area (Å²) in [6.45, 7) is 1.03. The summed E-state index contributed by atoms with van der Waals surface area (Å²) >= 11 is 0. The molecule has 1 amide bonds. The SMILES string of the molecule is COc1ccc(Cn2cc(C(=O)NC(Cn3cccn3)c3ccccc3)nn2)cc1. The smallest absolute Gasteiger partial charge is 0.274 e. The van der Waals surface area contributed by atoms with Crippen molar-refractivity contribution < 1.29 is 9.53 Å². The summed E-state index contributed by atoms with van der Waals surface area (Å²) in [6, 6.07) is 19.1. The van der Waals surface area contributed by atoms with Crippen LogP contribution in [0.15, 0.2) is 79.3 Å². The summed E-state index contributed by atoms with van der Waals surface area (Å²) in [5.41, 5.74) is 2.30. The zero-order chi connectivity index (χ0) is 20.8. The summed E-state index contributed by atoms with van der Waals surface area (Å²) < 4.78 is 8.60. The van der Waals surface area contributed by atoms with Gasteiger partial charge in [-0.25, -0.2) is 4.68 Å². The van der Waals surface area contributed by atoms with E-state index in [-0.39, 0.29) is 17.6 Å². The van der Waals surface area contributed by atoms with E-state index in [1.54, 1.807) is 28.9 Å². The lowest BCUT2D eigenvalue weighted by Crippen LogP contribution is -2.31. The number of nitrogens with one attached hydrogen (secondary N) is 1. The highest BCUT2D eigenvalue weighted by Gasteiger charge is 2.19. The molecule has 1 unspecified atom stereocenters. The standard InChI is InChI=1S/C22H22N6O2/c1-30-19-10-8-17(9-11-19)14-28-16-21(25-26-28)22(29)24-20(15-27-13-5-12-23-27)18-6-3-2-4-7-18/h2-13,16,20H,14-15H2,1H3,(H,24,29). The summed E-state index contributed by atoms with van der Waals surface area (Å²) in [7, 11) is 1.63. The van der Waals surface area contributed by atoms with Crippen molar-refractivity contribution in [2.45, 2.75) is 19.1 Å². The minimum Gasteiger partial charge on any atom is -0.497 e. The lowest BCUT2D eigenvalue weighted by Gasteiger charge is -2.18. The van der Waals surface area contributed by atoms with Crippen molar-refractivity contribution in [1.29, 1.82) is 0 Å². The number of hydrogen-bond acceptors (Lipinski definition) is 5. The molecule has 0 saturated heterocycles. The summed E-state index contributed by atoms with van der Waals surface area (Å²) in [5.74, 6) is 0.513. The molecule has 0 fully saturated rings. The molecule has 0 spiro atoms. The van der Waals surface area contributed by atoms with Gasteiger partial charge in [0.1, 0.15) is 5.75 Å². The van der Waals surface area contributed by atoms with E-state index in [1.165, 1.54) is 0 Å². The van der Waals surface area contributed by atoms with Crippen LogP contribution in [-0.4, -0.2) is 37.8 Å². The van der Waals surface area contributed by atoms with E-state index in [9.17, 15) is 4.79 Å². The van der Waals surface area contributed by atoms with Crippen molar-refractivity contribution in [1.82, 2.24) is 30.1 Å². The molecule has 0 aliphatic rings. The van der Waals surface area contributed by atoms with Gasteiger partial charge in [0, 0.05) is 12.4 Å². The number of methoxy groups -OCH3 is 1. The predicted molar refractivity (Wildman–Crippen MR) is 111 cm³/mol. The van der Waals surface area contributed by atoms with Crippen LogP contribution in [0, 0.1) is 0 Å². The normalized spacial score (nSPS) is 11.8. The van der Waals surface area contributed by atoms with Crippen LogP contribution in [0.2, 0.25) is 0 Å². The Morgan fingerprint density at radius 3 is 2.57 bits per heavy atom. The molecular weight excluding hydrogens is 380 g/mol. The molecule has 8 heteroatoms. The molecule has 2 heterocycles. The van der Waals surface area contributed by atoms with Crippen LogP contribution in [0.3, 0.4) is 0 Å². The Kier molecular flexibility index (Phi) is 5.84. The average molecular weight is 402 g/mol. The first-order valence-electron chi connectivity index (χ1n) is 9.57. The summed E-state index contributed by atoms with van der Waals surface area (Å²) in [4.78, 5) is 12.8. The van der Waals surface area contributed by atoms with Gasteiger partial charge in [0.05, 0.1) is 32.4 Å². The molecule has 0 radical (unpaired) electrons. The minimum absolute atomic E-state index is 0.245. The topological polar surface area (TPSA) is 86.9 Å². The maximum Gasteiger partial charge on any atom is 0.274 e. The zero-order valence-electron chi connectivity index (χ0n) is 16.5. The number of benzene rings is 2. The first kappa shape index (κ1) is 19.4. The van der Waals surface area contributed by atoms with Crippen LogP contribution in [0.1, 0.15) is 27.7 Å². The van der Waals surface area contributed by atoms with Crippen LogP contribution in [0.5, 0.6) is 5.75 Å². The second kappa shape index (κ2) is 9.04. The largest absolute Gasteiger partial charge is 0.497 e. The second-order valence-corrected chi connectivity index (χ2v) is 6.81. The Morgan fingerprint density at radius 2 is 1.87 bits per heavy atom. The van der Waals surface area contributed by atoms with Crippen LogP contribution >= 0.6 is 0 Å². The second-order valence-electron chi connectivity index (χ2n) is 6.81. The molecule has 4 aromatic rings. The number of carbonyl (C=O) groups is 1. The Morgan fingerprint density at radius 1 is 1.07 bits per heavy atom. The fraction of sp³-hybridized carbons (Fsp3) is 0.182. The fourth-order valence-electron chi connectivity index (χ4n) is 3.15. The average Bonchev–Trinajstić information content (AvgIpc) is 3.47. The fourth-order valence-corrected chi connectivity index (χ4v) is 3.15. The van der Waals surface area contributed by atoms with Gasteiger partial charge in [-0.3, -0.25) is 9.48 Å². The molecule has 0 bridgehead atoms. The van der Waals surface area contributed by atoms with E-state index in [0.29, 0.717) is 13.1 Å². The predicted octanol–water partition coefficient (Wildman–Crippen LogP) is 2.70. The van der Waals surface area contributed by atoms with Gasteiger partial charge < -0.3 is 10.1 Å². The Bertz CT molecular complexity index is 1070. The van der Waals surface area contributed by atoms with E-state index >= 15 is 0 Å². The maximum absolute atomic E-state index is 12.8. The minimum atomic E-state index is -0.281. The number of hydrogen-bond donors (Lipinski definition) is 1. The summed E-state index contributed by atoms with van der Waals surface area (Å²) in [5, 5.41) is 15.4. The number of amides is 1. The van der Waals surface area contributed by atoms with Crippen molar-refractivity contribution in [2.24, 2.45) is 0 Å². The zero-order valence-corrected chi connectivity index (χ0v) is 16.5. The van der Waals surface area contributed by atoms with Crippen molar-refractivity contribution >= 4 is 5.91 Å². The van der Waals surface area contributed by atoms with E-state index in [2.05, 4.69) is 20.7 Å². The molecule has 1 atom stereocenters. The van der Waals surface area contributed by atoms with Gasteiger partial charge in [0.15, 0.2) is 5.69 Å². The van der Waals surface area contributed by atoms with Crippen molar-refractivity contribution in [3.63, 3.8) is 0 Å². The van der Waals surface area contributed by atoms with Gasteiger partial charge in [0.2, 0.25) is 0 Å². The van der Waals surface area contributed by atoms with Crippen LogP contribution in [0.4, 0.5) is 0 Å². The van der Waals surface area contributed by atoms with Gasteiger partial charge in [-0.2, -0.15) is 5.10 Å². The number of nitrogens with zero attached hydrogens (tertiary/aromatic N) is 5. The third kappa shape index (κ3) is 4.72. The van der Waals surface area contributed by atoms with Gasteiger partial charge in [-0.1, -0.05) is 47.7 Å². The van der Waals surface area contributed by atoms with Crippen LogP contribution in [-0.2, 0) is 13.1 Å². The first-order chi connectivity index (χ1) is 14.7. The first-order valence-corrected chi connectivity index (χ1v) is 9.57. The van der Waals surface area contributed by atoms with Crippen molar-refractivity contribution in [2.75, 3.05) is 7.11 Å². The molecule has 1 N–H and O–H groups in total. The highest BCUT2D eigenvalue weighted by atomic mass is 16.5. The summed E-state index contributed by atoms with van der Waals surface area (Å²) in [6.07, 6.45) is 5.23. The molecular formula is C22H22N6O2. The molecule has 2 aromatic heterocycles. The van der Waals surface area contributed by atoms with E-state index < -0.39 is 0 Å². The number of ether oxygens (including phenoxy) is 1. The van der Waals surface area contributed by atoms with Crippen molar-refractivity contribution in [3.05, 3.63) is 96.1 Å². The third-order valence-electron chi connectivity index (χ3n) is 4.71. The quantitative estimate of drug-likeness (QED) is 0.490. The van der Waals surface area contributed by atoms with Gasteiger partial charge >= 0.3 is 0 Å².